The molecule has 1 aliphatic heterocycles. The van der Waals surface area contributed by atoms with Gasteiger partial charge in [-0.15, -0.1) is 11.3 Å². The first-order chi connectivity index (χ1) is 11.8. The van der Waals surface area contributed by atoms with Gasteiger partial charge >= 0.3 is 0 Å². The van der Waals surface area contributed by atoms with Crippen LogP contribution in [0, 0.1) is 0 Å². The summed E-state index contributed by atoms with van der Waals surface area (Å²) in [7, 11) is 0. The van der Waals surface area contributed by atoms with Gasteiger partial charge in [-0.1, -0.05) is 25.5 Å². The van der Waals surface area contributed by atoms with Crippen molar-refractivity contribution < 1.29 is 9.47 Å². The Hall–Kier alpha value is -1.91. The Morgan fingerprint density at radius 2 is 2.04 bits per heavy atom. The minimum Gasteiger partial charge on any atom is -0.490 e. The molecule has 0 spiro atoms. The Balaban J connectivity index is 1.85. The van der Waals surface area contributed by atoms with Crippen LogP contribution >= 0.6 is 11.3 Å². The highest BCUT2D eigenvalue weighted by atomic mass is 32.1. The van der Waals surface area contributed by atoms with Crippen molar-refractivity contribution in [3.63, 3.8) is 0 Å². The lowest BCUT2D eigenvalue weighted by molar-refractivity contribution is 0.261. The second-order valence-electron chi connectivity index (χ2n) is 6.25. The quantitative estimate of drug-likeness (QED) is 0.489. The number of rotatable bonds is 6. The predicted octanol–water partition coefficient (Wildman–Crippen LogP) is 4.53. The van der Waals surface area contributed by atoms with Gasteiger partial charge in [-0.2, -0.15) is 0 Å². The molecule has 2 heterocycles. The van der Waals surface area contributed by atoms with E-state index in [0.717, 1.165) is 51.8 Å². The number of epoxide rings is 1. The van der Waals surface area contributed by atoms with Gasteiger partial charge in [0.25, 0.3) is 0 Å². The van der Waals surface area contributed by atoms with Crippen LogP contribution in [-0.4, -0.2) is 19.3 Å². The monoisotopic (exact) mass is 340 g/mol. The van der Waals surface area contributed by atoms with Gasteiger partial charge in [0, 0.05) is 20.2 Å². The number of hydrogen-bond donors (Lipinski definition) is 0. The molecule has 3 nitrogen and oxygen atoms in total. The zero-order chi connectivity index (χ0) is 16.5. The van der Waals surface area contributed by atoms with Crippen molar-refractivity contribution in [2.75, 3.05) is 13.2 Å². The fraction of sp³-hybridized carbons (Fsp3) is 0.350. The van der Waals surface area contributed by atoms with Crippen molar-refractivity contribution in [1.82, 2.24) is 0 Å². The molecular formula is C20H20O3S. The highest BCUT2D eigenvalue weighted by Gasteiger charge is 2.23. The van der Waals surface area contributed by atoms with Crippen LogP contribution in [0.15, 0.2) is 41.2 Å². The van der Waals surface area contributed by atoms with Crippen molar-refractivity contribution in [2.24, 2.45) is 0 Å². The summed E-state index contributed by atoms with van der Waals surface area (Å²) in [6.45, 7) is 3.53. The highest BCUT2D eigenvalue weighted by molar-refractivity contribution is 7.24. The van der Waals surface area contributed by atoms with Crippen LogP contribution in [0.4, 0.5) is 0 Å². The van der Waals surface area contributed by atoms with E-state index < -0.39 is 0 Å². The van der Waals surface area contributed by atoms with E-state index in [0.29, 0.717) is 6.61 Å². The number of ether oxygens (including phenoxy) is 2. The number of hydrogen-bond acceptors (Lipinski definition) is 4. The van der Waals surface area contributed by atoms with E-state index in [4.69, 9.17) is 9.47 Å². The van der Waals surface area contributed by atoms with E-state index >= 15 is 0 Å². The number of fused-ring (bicyclic) bond motifs is 2. The molecule has 1 aliphatic rings. The van der Waals surface area contributed by atoms with Crippen molar-refractivity contribution >= 4 is 31.5 Å². The van der Waals surface area contributed by atoms with Crippen LogP contribution in [0.1, 0.15) is 25.3 Å². The molecule has 0 radical (unpaired) electrons. The van der Waals surface area contributed by atoms with Crippen LogP contribution in [0.25, 0.3) is 20.2 Å². The summed E-state index contributed by atoms with van der Waals surface area (Å²) in [5.74, 6) is 0.839. The molecule has 1 unspecified atom stereocenters. The Morgan fingerprint density at radius 3 is 2.83 bits per heavy atom. The molecule has 1 saturated heterocycles. The van der Waals surface area contributed by atoms with E-state index in [1.165, 1.54) is 5.56 Å². The molecule has 4 rings (SSSR count). The lowest BCUT2D eigenvalue weighted by Gasteiger charge is -2.12. The third-order valence-electron chi connectivity index (χ3n) is 4.39. The van der Waals surface area contributed by atoms with Gasteiger partial charge in [0.15, 0.2) is 5.43 Å². The van der Waals surface area contributed by atoms with Gasteiger partial charge < -0.3 is 9.47 Å². The van der Waals surface area contributed by atoms with Crippen LogP contribution < -0.4 is 10.2 Å². The molecule has 0 saturated carbocycles. The summed E-state index contributed by atoms with van der Waals surface area (Å²) < 4.78 is 13.3. The van der Waals surface area contributed by atoms with Crippen LogP contribution in [0.5, 0.6) is 5.75 Å². The lowest BCUT2D eigenvalue weighted by Crippen LogP contribution is -2.08. The smallest absolute Gasteiger partial charge is 0.196 e. The fourth-order valence-electron chi connectivity index (χ4n) is 2.91. The maximum absolute atomic E-state index is 12.8. The maximum atomic E-state index is 12.8. The van der Waals surface area contributed by atoms with Crippen molar-refractivity contribution in [1.29, 1.82) is 0 Å². The third-order valence-corrected chi connectivity index (χ3v) is 5.52. The summed E-state index contributed by atoms with van der Waals surface area (Å²) in [4.78, 5) is 12.8. The second kappa shape index (κ2) is 6.54. The van der Waals surface area contributed by atoms with E-state index in [1.54, 1.807) is 11.3 Å². The normalized spacial score (nSPS) is 16.6. The van der Waals surface area contributed by atoms with Crippen molar-refractivity contribution in [3.05, 3.63) is 52.2 Å². The molecule has 2 aromatic carbocycles. The first-order valence-corrected chi connectivity index (χ1v) is 9.31. The molecular weight excluding hydrogens is 320 g/mol. The minimum atomic E-state index is 0.0916. The lowest BCUT2D eigenvalue weighted by atomic mass is 10.0. The van der Waals surface area contributed by atoms with E-state index in [9.17, 15) is 4.79 Å². The topological polar surface area (TPSA) is 38.8 Å². The summed E-state index contributed by atoms with van der Waals surface area (Å²) in [6.07, 6.45) is 3.44. The Labute approximate surface area is 144 Å². The minimum absolute atomic E-state index is 0.0916. The third kappa shape index (κ3) is 3.04. The maximum Gasteiger partial charge on any atom is 0.196 e. The summed E-state index contributed by atoms with van der Waals surface area (Å²) in [6, 6.07) is 11.9. The molecule has 1 aromatic heterocycles. The zero-order valence-corrected chi connectivity index (χ0v) is 14.5. The van der Waals surface area contributed by atoms with Gasteiger partial charge in [0.2, 0.25) is 0 Å². The first-order valence-electron chi connectivity index (χ1n) is 8.49. The average molecular weight is 340 g/mol. The standard InChI is InChI=1S/C20H20O3S/c1-2-3-6-13-9-19-16(10-17(13)23-12-14-11-22-14)20(21)15-7-4-5-8-18(15)24-19/h4-5,7-10,14H,2-3,6,11-12H2,1H3. The van der Waals surface area contributed by atoms with Crippen LogP contribution in [0.2, 0.25) is 0 Å². The molecule has 0 N–H and O–H groups in total. The SMILES string of the molecule is CCCCc1cc2sc3ccccc3c(=O)c2cc1OCC1CO1. The molecule has 0 aliphatic carbocycles. The van der Waals surface area contributed by atoms with Crippen molar-refractivity contribution in [3.8, 4) is 5.75 Å². The Bertz CT molecular complexity index is 941. The molecule has 1 atom stereocenters. The molecule has 124 valence electrons. The molecule has 4 heteroatoms. The molecule has 0 bridgehead atoms. The fourth-order valence-corrected chi connectivity index (χ4v) is 4.03. The van der Waals surface area contributed by atoms with E-state index in [-0.39, 0.29) is 11.5 Å². The number of aryl methyl sites for hydroxylation is 1. The predicted molar refractivity (Wildman–Crippen MR) is 99.4 cm³/mol. The van der Waals surface area contributed by atoms with Gasteiger partial charge in [-0.05, 0) is 42.7 Å². The average Bonchev–Trinajstić information content (AvgIpc) is 3.43. The molecule has 0 amide bonds. The molecule has 24 heavy (non-hydrogen) atoms. The summed E-state index contributed by atoms with van der Waals surface area (Å²) in [5.41, 5.74) is 1.28. The van der Waals surface area contributed by atoms with Gasteiger partial charge in [-0.25, -0.2) is 0 Å². The van der Waals surface area contributed by atoms with Gasteiger partial charge in [-0.3, -0.25) is 4.79 Å². The highest BCUT2D eigenvalue weighted by Crippen LogP contribution is 2.31. The molecule has 3 aromatic rings. The molecule has 1 fully saturated rings. The second-order valence-corrected chi connectivity index (χ2v) is 7.34. The first kappa shape index (κ1) is 15.6. The van der Waals surface area contributed by atoms with E-state index in [2.05, 4.69) is 13.0 Å². The van der Waals surface area contributed by atoms with E-state index in [1.807, 2.05) is 30.3 Å². The number of benzene rings is 2. The number of unbranched alkanes of at least 4 members (excludes halogenated alkanes) is 1. The van der Waals surface area contributed by atoms with Crippen molar-refractivity contribution in [2.45, 2.75) is 32.3 Å². The zero-order valence-electron chi connectivity index (χ0n) is 13.7. The van der Waals surface area contributed by atoms with Crippen LogP contribution in [0.3, 0.4) is 0 Å². The largest absolute Gasteiger partial charge is 0.490 e. The Morgan fingerprint density at radius 1 is 1.21 bits per heavy atom. The van der Waals surface area contributed by atoms with Gasteiger partial charge in [0.1, 0.15) is 18.5 Å². The van der Waals surface area contributed by atoms with Gasteiger partial charge in [0.05, 0.1) is 6.61 Å². The van der Waals surface area contributed by atoms with Crippen LogP contribution in [-0.2, 0) is 11.2 Å². The summed E-state index contributed by atoms with van der Waals surface area (Å²) >= 11 is 1.68. The summed E-state index contributed by atoms with van der Waals surface area (Å²) in [5, 5.41) is 1.54. The Kier molecular flexibility index (Phi) is 4.25.